The standard InChI is InChI=1S/C8H10O2/c9-7-3-1-2-6-4-5-10-8(6)7/h4-5,7,9H,1-3H2/t7-/m1/s1. The van der Waals surface area contributed by atoms with Crippen LogP contribution in [-0.2, 0) is 6.42 Å². The minimum absolute atomic E-state index is 0.348. The average molecular weight is 138 g/mol. The predicted octanol–water partition coefficient (Wildman–Crippen LogP) is 1.65. The summed E-state index contributed by atoms with van der Waals surface area (Å²) in [7, 11) is 0. The van der Waals surface area contributed by atoms with E-state index < -0.39 is 0 Å². The zero-order valence-corrected chi connectivity index (χ0v) is 5.71. The summed E-state index contributed by atoms with van der Waals surface area (Å²) in [6.07, 6.45) is 4.29. The Hall–Kier alpha value is -0.760. The molecule has 1 aromatic heterocycles. The third-order valence-electron chi connectivity index (χ3n) is 2.01. The summed E-state index contributed by atoms with van der Waals surface area (Å²) in [5, 5.41) is 9.36. The molecule has 0 aromatic carbocycles. The molecule has 1 aliphatic rings. The van der Waals surface area contributed by atoms with Crippen LogP contribution in [0.15, 0.2) is 16.7 Å². The summed E-state index contributed by atoms with van der Waals surface area (Å²) in [5.74, 6) is 0.784. The Kier molecular flexibility index (Phi) is 1.27. The van der Waals surface area contributed by atoms with Crippen molar-refractivity contribution in [3.8, 4) is 0 Å². The normalized spacial score (nSPS) is 24.3. The molecule has 0 unspecified atom stereocenters. The van der Waals surface area contributed by atoms with Gasteiger partial charge in [0.1, 0.15) is 11.9 Å². The van der Waals surface area contributed by atoms with Crippen molar-refractivity contribution in [3.05, 3.63) is 23.7 Å². The molecule has 0 aliphatic heterocycles. The van der Waals surface area contributed by atoms with Crippen molar-refractivity contribution >= 4 is 0 Å². The molecule has 1 aliphatic carbocycles. The maximum atomic E-state index is 9.36. The maximum Gasteiger partial charge on any atom is 0.135 e. The summed E-state index contributed by atoms with van der Waals surface area (Å²) in [6, 6.07) is 1.94. The Labute approximate surface area is 59.5 Å². The van der Waals surface area contributed by atoms with Crippen LogP contribution in [-0.4, -0.2) is 5.11 Å². The first-order valence-corrected chi connectivity index (χ1v) is 3.62. The number of furan rings is 1. The van der Waals surface area contributed by atoms with Crippen LogP contribution in [0.25, 0.3) is 0 Å². The molecular weight excluding hydrogens is 128 g/mol. The topological polar surface area (TPSA) is 33.4 Å². The molecule has 0 saturated carbocycles. The van der Waals surface area contributed by atoms with E-state index in [1.807, 2.05) is 6.07 Å². The lowest BCUT2D eigenvalue weighted by atomic mass is 9.96. The van der Waals surface area contributed by atoms with Gasteiger partial charge >= 0.3 is 0 Å². The van der Waals surface area contributed by atoms with Crippen LogP contribution in [0.5, 0.6) is 0 Å². The largest absolute Gasteiger partial charge is 0.466 e. The highest BCUT2D eigenvalue weighted by atomic mass is 16.4. The van der Waals surface area contributed by atoms with E-state index in [1.165, 1.54) is 5.56 Å². The Morgan fingerprint density at radius 3 is 3.30 bits per heavy atom. The first-order valence-electron chi connectivity index (χ1n) is 3.62. The fourth-order valence-electron chi connectivity index (χ4n) is 1.46. The van der Waals surface area contributed by atoms with Gasteiger partial charge in [-0.05, 0) is 30.9 Å². The zero-order chi connectivity index (χ0) is 6.97. The quantitative estimate of drug-likeness (QED) is 0.591. The zero-order valence-electron chi connectivity index (χ0n) is 5.71. The molecule has 2 rings (SSSR count). The van der Waals surface area contributed by atoms with Gasteiger partial charge in [-0.15, -0.1) is 0 Å². The third kappa shape index (κ3) is 0.762. The van der Waals surface area contributed by atoms with Crippen LogP contribution in [0.4, 0.5) is 0 Å². The number of hydrogen-bond acceptors (Lipinski definition) is 2. The van der Waals surface area contributed by atoms with Crippen molar-refractivity contribution < 1.29 is 9.52 Å². The van der Waals surface area contributed by atoms with Crippen LogP contribution >= 0.6 is 0 Å². The van der Waals surface area contributed by atoms with Crippen molar-refractivity contribution in [2.75, 3.05) is 0 Å². The maximum absolute atomic E-state index is 9.36. The molecule has 2 nitrogen and oxygen atoms in total. The van der Waals surface area contributed by atoms with E-state index in [2.05, 4.69) is 0 Å². The molecule has 0 radical (unpaired) electrons. The second-order valence-electron chi connectivity index (χ2n) is 2.72. The first-order chi connectivity index (χ1) is 4.88. The molecule has 0 amide bonds. The van der Waals surface area contributed by atoms with Gasteiger partial charge in [-0.1, -0.05) is 0 Å². The lowest BCUT2D eigenvalue weighted by Crippen LogP contribution is -2.05. The molecule has 54 valence electrons. The highest BCUT2D eigenvalue weighted by molar-refractivity contribution is 5.21. The van der Waals surface area contributed by atoms with Gasteiger partial charge in [-0.3, -0.25) is 0 Å². The molecule has 1 aromatic rings. The highest BCUT2D eigenvalue weighted by Gasteiger charge is 2.20. The average Bonchev–Trinajstić information content (AvgIpc) is 2.36. The summed E-state index contributed by atoms with van der Waals surface area (Å²) in [5.41, 5.74) is 1.18. The van der Waals surface area contributed by atoms with Crippen molar-refractivity contribution in [1.29, 1.82) is 0 Å². The van der Waals surface area contributed by atoms with Gasteiger partial charge in [-0.2, -0.15) is 0 Å². The van der Waals surface area contributed by atoms with Gasteiger partial charge in [0.15, 0.2) is 0 Å². The van der Waals surface area contributed by atoms with Crippen molar-refractivity contribution in [1.82, 2.24) is 0 Å². The molecule has 1 atom stereocenters. The molecule has 1 N–H and O–H groups in total. The van der Waals surface area contributed by atoms with E-state index in [1.54, 1.807) is 6.26 Å². The van der Waals surface area contributed by atoms with Crippen molar-refractivity contribution in [2.24, 2.45) is 0 Å². The van der Waals surface area contributed by atoms with Gasteiger partial charge in [0.25, 0.3) is 0 Å². The second-order valence-corrected chi connectivity index (χ2v) is 2.72. The minimum atomic E-state index is -0.348. The van der Waals surface area contributed by atoms with Crippen LogP contribution < -0.4 is 0 Å². The molecule has 0 bridgehead atoms. The van der Waals surface area contributed by atoms with Crippen molar-refractivity contribution in [2.45, 2.75) is 25.4 Å². The lowest BCUT2D eigenvalue weighted by molar-refractivity contribution is 0.129. The van der Waals surface area contributed by atoms with E-state index >= 15 is 0 Å². The second kappa shape index (κ2) is 2.13. The number of rotatable bonds is 0. The Balaban J connectivity index is 2.41. The summed E-state index contributed by atoms with van der Waals surface area (Å²) < 4.78 is 5.12. The van der Waals surface area contributed by atoms with Gasteiger partial charge < -0.3 is 9.52 Å². The number of fused-ring (bicyclic) bond motifs is 1. The van der Waals surface area contributed by atoms with Crippen LogP contribution in [0, 0.1) is 0 Å². The Morgan fingerprint density at radius 2 is 2.50 bits per heavy atom. The van der Waals surface area contributed by atoms with Gasteiger partial charge in [0.05, 0.1) is 6.26 Å². The fourth-order valence-corrected chi connectivity index (χ4v) is 1.46. The molecule has 2 heteroatoms. The summed E-state index contributed by atoms with van der Waals surface area (Å²) in [4.78, 5) is 0. The molecule has 0 fully saturated rings. The number of hydrogen-bond donors (Lipinski definition) is 1. The van der Waals surface area contributed by atoms with Crippen LogP contribution in [0.3, 0.4) is 0 Å². The highest BCUT2D eigenvalue weighted by Crippen LogP contribution is 2.29. The van der Waals surface area contributed by atoms with Gasteiger partial charge in [0.2, 0.25) is 0 Å². The van der Waals surface area contributed by atoms with E-state index in [-0.39, 0.29) is 6.10 Å². The van der Waals surface area contributed by atoms with E-state index in [0.717, 1.165) is 25.0 Å². The summed E-state index contributed by atoms with van der Waals surface area (Å²) >= 11 is 0. The third-order valence-corrected chi connectivity index (χ3v) is 2.01. The van der Waals surface area contributed by atoms with Crippen LogP contribution in [0.1, 0.15) is 30.3 Å². The molecular formula is C8H10O2. The van der Waals surface area contributed by atoms with E-state index in [9.17, 15) is 5.11 Å². The molecule has 10 heavy (non-hydrogen) atoms. The summed E-state index contributed by atoms with van der Waals surface area (Å²) in [6.45, 7) is 0. The molecule has 1 heterocycles. The number of aryl methyl sites for hydroxylation is 1. The van der Waals surface area contributed by atoms with E-state index in [4.69, 9.17) is 4.42 Å². The number of aliphatic hydroxyl groups is 1. The minimum Gasteiger partial charge on any atom is -0.466 e. The van der Waals surface area contributed by atoms with Gasteiger partial charge in [-0.25, -0.2) is 0 Å². The van der Waals surface area contributed by atoms with Gasteiger partial charge in [0, 0.05) is 0 Å². The smallest absolute Gasteiger partial charge is 0.135 e. The Bertz CT molecular complexity index is 227. The number of aliphatic hydroxyl groups excluding tert-OH is 1. The first kappa shape index (κ1) is 5.98. The van der Waals surface area contributed by atoms with Crippen molar-refractivity contribution in [3.63, 3.8) is 0 Å². The monoisotopic (exact) mass is 138 g/mol. The molecule has 0 saturated heterocycles. The SMILES string of the molecule is O[C@@H]1CCCc2ccoc21. The van der Waals surface area contributed by atoms with Crippen LogP contribution in [0.2, 0.25) is 0 Å². The molecule has 0 spiro atoms. The lowest BCUT2D eigenvalue weighted by Gasteiger charge is -2.14. The Morgan fingerprint density at radius 1 is 1.60 bits per heavy atom. The van der Waals surface area contributed by atoms with E-state index in [0.29, 0.717) is 0 Å². The predicted molar refractivity (Wildman–Crippen MR) is 36.6 cm³/mol. The fraction of sp³-hybridized carbons (Fsp3) is 0.500.